The quantitative estimate of drug-likeness (QED) is 0.814. The number of amides is 2. The maximum absolute atomic E-state index is 13.0. The summed E-state index contributed by atoms with van der Waals surface area (Å²) in [5.74, 6) is -2.29. The number of benzene rings is 1. The molecule has 2 N–H and O–H groups in total. The number of nitrogens with one attached hydrogen (secondary N) is 1. The summed E-state index contributed by atoms with van der Waals surface area (Å²) in [6.07, 6.45) is 0. The molecule has 1 aromatic rings. The lowest BCUT2D eigenvalue weighted by Crippen LogP contribution is -2.46. The molecule has 0 spiro atoms. The van der Waals surface area contributed by atoms with Crippen molar-refractivity contribution in [3.05, 3.63) is 24.0 Å². The number of sulfonamides is 1. The van der Waals surface area contributed by atoms with E-state index in [4.69, 9.17) is 5.11 Å². The van der Waals surface area contributed by atoms with Crippen molar-refractivity contribution < 1.29 is 27.5 Å². The Morgan fingerprint density at radius 1 is 1.44 bits per heavy atom. The van der Waals surface area contributed by atoms with Crippen molar-refractivity contribution in [2.24, 2.45) is 0 Å². The van der Waals surface area contributed by atoms with Crippen LogP contribution in [0.1, 0.15) is 0 Å². The predicted octanol–water partition coefficient (Wildman–Crippen LogP) is 0.447. The van der Waals surface area contributed by atoms with Crippen molar-refractivity contribution >= 4 is 27.7 Å². The minimum atomic E-state index is -4.35. The molecule has 0 aromatic heterocycles. The second kappa shape index (κ2) is 3.95. The van der Waals surface area contributed by atoms with Gasteiger partial charge in [0.1, 0.15) is 17.3 Å². The fourth-order valence-electron chi connectivity index (χ4n) is 1.50. The van der Waals surface area contributed by atoms with Crippen LogP contribution in [0.15, 0.2) is 23.1 Å². The molecule has 0 saturated carbocycles. The number of hydrogen-bond donors (Lipinski definition) is 2. The first-order chi connectivity index (χ1) is 8.32. The van der Waals surface area contributed by atoms with Crippen molar-refractivity contribution in [1.29, 1.82) is 0 Å². The Hall–Kier alpha value is -2.16. The van der Waals surface area contributed by atoms with Gasteiger partial charge in [0.25, 0.3) is 10.0 Å². The van der Waals surface area contributed by atoms with Crippen molar-refractivity contribution in [2.75, 3.05) is 11.9 Å². The summed E-state index contributed by atoms with van der Waals surface area (Å²) in [6.45, 7) is -1.02. The number of carboxylic acids is 1. The van der Waals surface area contributed by atoms with Crippen molar-refractivity contribution in [1.82, 2.24) is 4.31 Å². The highest BCUT2D eigenvalue weighted by molar-refractivity contribution is 7.90. The van der Waals surface area contributed by atoms with Crippen LogP contribution in [0.25, 0.3) is 0 Å². The lowest BCUT2D eigenvalue weighted by molar-refractivity contribution is -0.136. The summed E-state index contributed by atoms with van der Waals surface area (Å²) in [6, 6.07) is 1.72. The van der Waals surface area contributed by atoms with Gasteiger partial charge in [-0.25, -0.2) is 21.9 Å². The van der Waals surface area contributed by atoms with E-state index in [1.165, 1.54) is 0 Å². The second-order valence-corrected chi connectivity index (χ2v) is 5.31. The fourth-order valence-corrected chi connectivity index (χ4v) is 2.94. The molecule has 1 heterocycles. The third-order valence-corrected chi connectivity index (χ3v) is 4.03. The fraction of sp³-hybridized carbons (Fsp3) is 0.111. The summed E-state index contributed by atoms with van der Waals surface area (Å²) < 4.78 is 37.0. The van der Waals surface area contributed by atoms with Gasteiger partial charge in [0.05, 0.1) is 5.69 Å². The van der Waals surface area contributed by atoms with Gasteiger partial charge in [-0.3, -0.25) is 4.79 Å². The molecule has 2 rings (SSSR count). The maximum Gasteiger partial charge on any atom is 0.336 e. The monoisotopic (exact) mass is 274 g/mol. The van der Waals surface area contributed by atoms with Gasteiger partial charge in [0.15, 0.2) is 0 Å². The van der Waals surface area contributed by atoms with Crippen LogP contribution in [0.5, 0.6) is 0 Å². The number of anilines is 1. The molecule has 2 amide bonds. The van der Waals surface area contributed by atoms with E-state index in [-0.39, 0.29) is 9.99 Å². The molecule has 18 heavy (non-hydrogen) atoms. The molecular weight excluding hydrogens is 267 g/mol. The molecule has 9 heteroatoms. The molecule has 1 aliphatic heterocycles. The van der Waals surface area contributed by atoms with Gasteiger partial charge < -0.3 is 10.4 Å². The standard InChI is InChI=1S/C9H7FN2O5S/c10-5-1-2-6-7(3-5)18(16,17)12(4-8(13)14)9(15)11-6/h1-3H,4H2,(H,11,15)(H,13,14). The number of aliphatic carboxylic acids is 1. The van der Waals surface area contributed by atoms with E-state index < -0.39 is 39.3 Å². The highest BCUT2D eigenvalue weighted by atomic mass is 32.2. The minimum Gasteiger partial charge on any atom is -0.480 e. The topological polar surface area (TPSA) is 104 Å². The van der Waals surface area contributed by atoms with Crippen LogP contribution in [-0.4, -0.2) is 36.4 Å². The Labute approximate surface area is 101 Å². The normalized spacial score (nSPS) is 16.9. The Balaban J connectivity index is 2.58. The van der Waals surface area contributed by atoms with Crippen molar-refractivity contribution in [3.8, 4) is 0 Å². The van der Waals surface area contributed by atoms with E-state index in [9.17, 15) is 22.4 Å². The number of hydrogen-bond acceptors (Lipinski definition) is 4. The minimum absolute atomic E-state index is 0.0805. The van der Waals surface area contributed by atoms with Gasteiger partial charge in [-0.15, -0.1) is 0 Å². The number of urea groups is 1. The van der Waals surface area contributed by atoms with Crippen LogP contribution in [-0.2, 0) is 14.8 Å². The van der Waals surface area contributed by atoms with Gasteiger partial charge >= 0.3 is 12.0 Å². The van der Waals surface area contributed by atoms with Crippen LogP contribution in [0.4, 0.5) is 14.9 Å². The van der Waals surface area contributed by atoms with E-state index in [0.29, 0.717) is 0 Å². The second-order valence-electron chi connectivity index (χ2n) is 3.48. The molecule has 0 saturated heterocycles. The van der Waals surface area contributed by atoms with Gasteiger partial charge in [-0.05, 0) is 18.2 Å². The Morgan fingerprint density at radius 3 is 2.72 bits per heavy atom. The number of halogens is 1. The molecule has 0 unspecified atom stereocenters. The largest absolute Gasteiger partial charge is 0.480 e. The van der Waals surface area contributed by atoms with Gasteiger partial charge in [0.2, 0.25) is 0 Å². The first-order valence-electron chi connectivity index (χ1n) is 4.67. The van der Waals surface area contributed by atoms with E-state index in [2.05, 4.69) is 5.32 Å². The molecule has 96 valence electrons. The summed E-state index contributed by atoms with van der Waals surface area (Å²) in [5, 5.41) is 10.7. The number of nitrogens with zero attached hydrogens (tertiary/aromatic N) is 1. The molecule has 7 nitrogen and oxygen atoms in total. The highest BCUT2D eigenvalue weighted by Gasteiger charge is 2.38. The lowest BCUT2D eigenvalue weighted by Gasteiger charge is -2.27. The zero-order valence-electron chi connectivity index (χ0n) is 8.75. The molecule has 0 fully saturated rings. The first kappa shape index (κ1) is 12.3. The van der Waals surface area contributed by atoms with Crippen LogP contribution in [0, 0.1) is 5.82 Å². The number of carboxylic acid groups (broad SMARTS) is 1. The highest BCUT2D eigenvalue weighted by Crippen LogP contribution is 2.30. The summed E-state index contributed by atoms with van der Waals surface area (Å²) in [5.41, 5.74) is -0.0805. The molecule has 0 bridgehead atoms. The van der Waals surface area contributed by atoms with Crippen LogP contribution in [0.2, 0.25) is 0 Å². The molecule has 0 atom stereocenters. The van der Waals surface area contributed by atoms with Crippen molar-refractivity contribution in [2.45, 2.75) is 4.90 Å². The number of fused-ring (bicyclic) bond motifs is 1. The first-order valence-corrected chi connectivity index (χ1v) is 6.11. The average Bonchev–Trinajstić information content (AvgIpc) is 2.26. The Morgan fingerprint density at radius 2 is 2.11 bits per heavy atom. The van der Waals surface area contributed by atoms with E-state index in [1.54, 1.807) is 0 Å². The van der Waals surface area contributed by atoms with Crippen molar-refractivity contribution in [3.63, 3.8) is 0 Å². The number of carbonyl (C=O) groups excluding carboxylic acids is 1. The molecular formula is C9H7FN2O5S. The zero-order valence-corrected chi connectivity index (χ0v) is 9.57. The predicted molar refractivity (Wildman–Crippen MR) is 56.9 cm³/mol. The zero-order chi connectivity index (χ0) is 13.5. The molecule has 0 radical (unpaired) electrons. The van der Waals surface area contributed by atoms with Gasteiger partial charge in [-0.2, -0.15) is 0 Å². The van der Waals surface area contributed by atoms with E-state index >= 15 is 0 Å². The summed E-state index contributed by atoms with van der Waals surface area (Å²) >= 11 is 0. The van der Waals surface area contributed by atoms with E-state index in [1.807, 2.05) is 0 Å². The number of rotatable bonds is 2. The third kappa shape index (κ3) is 1.88. The van der Waals surface area contributed by atoms with E-state index in [0.717, 1.165) is 18.2 Å². The summed E-state index contributed by atoms with van der Waals surface area (Å²) in [4.78, 5) is 21.5. The summed E-state index contributed by atoms with van der Waals surface area (Å²) in [7, 11) is -4.35. The lowest BCUT2D eigenvalue weighted by atomic mass is 10.3. The van der Waals surface area contributed by atoms with Crippen LogP contribution >= 0.6 is 0 Å². The Bertz CT molecular complexity index is 642. The van der Waals surface area contributed by atoms with Gasteiger partial charge in [0, 0.05) is 0 Å². The smallest absolute Gasteiger partial charge is 0.336 e. The van der Waals surface area contributed by atoms with Crippen LogP contribution < -0.4 is 5.32 Å². The third-order valence-electron chi connectivity index (χ3n) is 2.26. The Kier molecular flexibility index (Phi) is 2.70. The number of carbonyl (C=O) groups is 2. The molecule has 1 aromatic carbocycles. The SMILES string of the molecule is O=C(O)CN1C(=O)Nc2ccc(F)cc2S1(=O)=O. The molecule has 0 aliphatic carbocycles. The molecule has 1 aliphatic rings. The van der Waals surface area contributed by atoms with Gasteiger partial charge in [-0.1, -0.05) is 0 Å². The van der Waals surface area contributed by atoms with Crippen LogP contribution in [0.3, 0.4) is 0 Å². The maximum atomic E-state index is 13.0. The average molecular weight is 274 g/mol.